The molecule has 0 saturated heterocycles. The number of nitrogens with one attached hydrogen (secondary N) is 1. The van der Waals surface area contributed by atoms with Crippen molar-refractivity contribution in [1.82, 2.24) is 5.32 Å². The van der Waals surface area contributed by atoms with Crippen LogP contribution in [0.15, 0.2) is 28.7 Å². The van der Waals surface area contributed by atoms with Crippen molar-refractivity contribution in [3.63, 3.8) is 0 Å². The molecule has 0 aliphatic heterocycles. The largest absolute Gasteiger partial charge is 0.482 e. The van der Waals surface area contributed by atoms with Crippen molar-refractivity contribution < 1.29 is 19.1 Å². The maximum Gasteiger partial charge on any atom is 0.344 e. The van der Waals surface area contributed by atoms with Crippen LogP contribution in [0.3, 0.4) is 0 Å². The number of halogens is 1. The summed E-state index contributed by atoms with van der Waals surface area (Å²) in [7, 11) is 0. The molecule has 0 fully saturated rings. The molecule has 0 aromatic heterocycles. The van der Waals surface area contributed by atoms with E-state index in [0.717, 1.165) is 4.47 Å². The molecule has 0 atom stereocenters. The smallest absolute Gasteiger partial charge is 0.344 e. The zero-order chi connectivity index (χ0) is 14.1. The molecule has 0 bridgehead atoms. The summed E-state index contributed by atoms with van der Waals surface area (Å²) in [5.41, 5.74) is 0. The predicted molar refractivity (Wildman–Crippen MR) is 72.4 cm³/mol. The number of rotatable bonds is 6. The Balaban J connectivity index is 2.23. The Labute approximate surface area is 119 Å². The minimum absolute atomic E-state index is 0.103. The van der Waals surface area contributed by atoms with Crippen molar-refractivity contribution in [2.75, 3.05) is 19.8 Å². The lowest BCUT2D eigenvalue weighted by Gasteiger charge is -2.06. The number of benzene rings is 1. The third-order valence-corrected chi connectivity index (χ3v) is 2.45. The average Bonchev–Trinajstić information content (AvgIpc) is 2.42. The molecule has 0 aliphatic carbocycles. The highest BCUT2D eigenvalue weighted by Gasteiger charge is 2.07. The lowest BCUT2D eigenvalue weighted by atomic mass is 10.3. The molecule has 0 unspecified atom stereocenters. The van der Waals surface area contributed by atoms with Crippen LogP contribution in [-0.2, 0) is 14.3 Å². The Morgan fingerprint density at radius 3 is 2.58 bits per heavy atom. The van der Waals surface area contributed by atoms with Crippen LogP contribution in [0, 0.1) is 12.3 Å². The van der Waals surface area contributed by atoms with Crippen molar-refractivity contribution in [3.05, 3.63) is 28.7 Å². The fraction of sp³-hybridized carbons (Fsp3) is 0.231. The Morgan fingerprint density at radius 1 is 1.26 bits per heavy atom. The highest BCUT2D eigenvalue weighted by molar-refractivity contribution is 9.10. The minimum Gasteiger partial charge on any atom is -0.482 e. The molecule has 0 spiro atoms. The van der Waals surface area contributed by atoms with E-state index in [0.29, 0.717) is 5.75 Å². The van der Waals surface area contributed by atoms with Gasteiger partial charge in [-0.3, -0.25) is 4.79 Å². The van der Waals surface area contributed by atoms with Crippen LogP contribution in [0.2, 0.25) is 0 Å². The number of hydrogen-bond acceptors (Lipinski definition) is 4. The monoisotopic (exact) mass is 325 g/mol. The third-order valence-electron chi connectivity index (χ3n) is 1.92. The van der Waals surface area contributed by atoms with Gasteiger partial charge in [-0.15, -0.1) is 6.42 Å². The van der Waals surface area contributed by atoms with Crippen molar-refractivity contribution in [1.29, 1.82) is 0 Å². The van der Waals surface area contributed by atoms with Crippen molar-refractivity contribution in [3.8, 4) is 18.1 Å². The van der Waals surface area contributed by atoms with Crippen LogP contribution < -0.4 is 10.1 Å². The van der Waals surface area contributed by atoms with Crippen LogP contribution in [0.1, 0.15) is 0 Å². The summed E-state index contributed by atoms with van der Waals surface area (Å²) in [6.07, 6.45) is 4.96. The molecular weight excluding hydrogens is 314 g/mol. The fourth-order valence-corrected chi connectivity index (χ4v) is 1.33. The molecule has 19 heavy (non-hydrogen) atoms. The first kappa shape index (κ1) is 15.1. The van der Waals surface area contributed by atoms with E-state index in [2.05, 4.69) is 27.2 Å². The molecule has 1 aromatic carbocycles. The van der Waals surface area contributed by atoms with E-state index >= 15 is 0 Å². The summed E-state index contributed by atoms with van der Waals surface area (Å²) >= 11 is 3.28. The van der Waals surface area contributed by atoms with Crippen molar-refractivity contribution >= 4 is 27.8 Å². The minimum atomic E-state index is -0.626. The molecule has 0 heterocycles. The van der Waals surface area contributed by atoms with E-state index in [-0.39, 0.29) is 19.8 Å². The van der Waals surface area contributed by atoms with E-state index in [1.807, 2.05) is 0 Å². The summed E-state index contributed by atoms with van der Waals surface area (Å²) in [4.78, 5) is 22.4. The summed E-state index contributed by atoms with van der Waals surface area (Å²) in [6.45, 7) is -0.528. The summed E-state index contributed by atoms with van der Waals surface area (Å²) in [5, 5.41) is 2.37. The number of carbonyl (C=O) groups excluding carboxylic acids is 2. The van der Waals surface area contributed by atoms with Gasteiger partial charge in [0.1, 0.15) is 5.75 Å². The second-order valence-corrected chi connectivity index (χ2v) is 4.30. The van der Waals surface area contributed by atoms with Gasteiger partial charge in [0.05, 0.1) is 6.54 Å². The Bertz CT molecular complexity index is 478. The molecule has 0 radical (unpaired) electrons. The maximum atomic E-state index is 11.3. The zero-order valence-corrected chi connectivity index (χ0v) is 11.6. The standard InChI is InChI=1S/C13H12BrNO4/c1-2-7-15-12(16)8-19-13(17)9-18-11-5-3-10(14)4-6-11/h1,3-6H,7-9H2,(H,15,16). The van der Waals surface area contributed by atoms with Crippen LogP contribution in [-0.4, -0.2) is 31.6 Å². The van der Waals surface area contributed by atoms with E-state index in [4.69, 9.17) is 15.9 Å². The van der Waals surface area contributed by atoms with Gasteiger partial charge in [-0.2, -0.15) is 0 Å². The summed E-state index contributed by atoms with van der Waals surface area (Å²) in [5.74, 6) is 1.70. The second kappa shape index (κ2) is 8.16. The highest BCUT2D eigenvalue weighted by atomic mass is 79.9. The molecular formula is C13H12BrNO4. The van der Waals surface area contributed by atoms with Crippen LogP contribution in [0.4, 0.5) is 0 Å². The van der Waals surface area contributed by atoms with Crippen LogP contribution in [0.5, 0.6) is 5.75 Å². The van der Waals surface area contributed by atoms with Gasteiger partial charge in [0, 0.05) is 4.47 Å². The highest BCUT2D eigenvalue weighted by Crippen LogP contribution is 2.15. The predicted octanol–water partition coefficient (Wildman–Crippen LogP) is 1.12. The lowest BCUT2D eigenvalue weighted by molar-refractivity contribution is -0.150. The van der Waals surface area contributed by atoms with Gasteiger partial charge < -0.3 is 14.8 Å². The van der Waals surface area contributed by atoms with Gasteiger partial charge in [-0.25, -0.2) is 4.79 Å². The van der Waals surface area contributed by atoms with E-state index in [9.17, 15) is 9.59 Å². The summed E-state index contributed by atoms with van der Waals surface area (Å²) < 4.78 is 10.8. The molecule has 1 rings (SSSR count). The maximum absolute atomic E-state index is 11.3. The van der Waals surface area contributed by atoms with E-state index < -0.39 is 11.9 Å². The third kappa shape index (κ3) is 6.48. The molecule has 5 nitrogen and oxygen atoms in total. The number of hydrogen-bond donors (Lipinski definition) is 1. The van der Waals surface area contributed by atoms with Gasteiger partial charge in [-0.05, 0) is 24.3 Å². The number of esters is 1. The second-order valence-electron chi connectivity index (χ2n) is 3.38. The zero-order valence-electron chi connectivity index (χ0n) is 10.0. The van der Waals surface area contributed by atoms with Crippen molar-refractivity contribution in [2.24, 2.45) is 0 Å². The lowest BCUT2D eigenvalue weighted by Crippen LogP contribution is -2.30. The fourth-order valence-electron chi connectivity index (χ4n) is 1.06. The Kier molecular flexibility index (Phi) is 6.47. The molecule has 1 aromatic rings. The SMILES string of the molecule is C#CCNC(=O)COC(=O)COc1ccc(Br)cc1. The first-order valence-corrected chi connectivity index (χ1v) is 6.15. The van der Waals surface area contributed by atoms with Gasteiger partial charge >= 0.3 is 5.97 Å². The van der Waals surface area contributed by atoms with E-state index in [1.54, 1.807) is 24.3 Å². The molecule has 1 amide bonds. The van der Waals surface area contributed by atoms with Crippen molar-refractivity contribution in [2.45, 2.75) is 0 Å². The average molecular weight is 326 g/mol. The first-order chi connectivity index (χ1) is 9.11. The summed E-state index contributed by atoms with van der Waals surface area (Å²) in [6, 6.07) is 6.98. The van der Waals surface area contributed by atoms with Gasteiger partial charge in [-0.1, -0.05) is 21.9 Å². The Morgan fingerprint density at radius 2 is 1.95 bits per heavy atom. The van der Waals surface area contributed by atoms with Crippen LogP contribution >= 0.6 is 15.9 Å². The number of terminal acetylenes is 1. The molecule has 1 N–H and O–H groups in total. The molecule has 100 valence electrons. The quantitative estimate of drug-likeness (QED) is 0.629. The first-order valence-electron chi connectivity index (χ1n) is 5.36. The van der Waals surface area contributed by atoms with Gasteiger partial charge in [0.25, 0.3) is 5.91 Å². The number of amides is 1. The molecule has 6 heteroatoms. The number of carbonyl (C=O) groups is 2. The topological polar surface area (TPSA) is 64.6 Å². The molecule has 0 aliphatic rings. The normalized spacial score (nSPS) is 9.26. The van der Waals surface area contributed by atoms with Crippen LogP contribution in [0.25, 0.3) is 0 Å². The van der Waals surface area contributed by atoms with Gasteiger partial charge in [0.15, 0.2) is 13.2 Å². The van der Waals surface area contributed by atoms with E-state index in [1.165, 1.54) is 0 Å². The Hall–Kier alpha value is -2.00. The van der Waals surface area contributed by atoms with Gasteiger partial charge in [0.2, 0.25) is 0 Å². The molecule has 0 saturated carbocycles. The number of ether oxygens (including phenoxy) is 2.